The van der Waals surface area contributed by atoms with Gasteiger partial charge in [0.05, 0.1) is 6.10 Å². The first kappa shape index (κ1) is 18.5. The van der Waals surface area contributed by atoms with E-state index >= 15 is 0 Å². The quantitative estimate of drug-likeness (QED) is 0.667. The number of carbonyl (C=O) groups excluding carboxylic acids is 1. The highest BCUT2D eigenvalue weighted by Crippen LogP contribution is 2.66. The van der Waals surface area contributed by atoms with Crippen molar-refractivity contribution in [3.05, 3.63) is 22.8 Å². The van der Waals surface area contributed by atoms with Crippen molar-refractivity contribution in [2.75, 3.05) is 0 Å². The molecule has 0 aromatic carbocycles. The average molecular weight is 357 g/mol. The van der Waals surface area contributed by atoms with Crippen LogP contribution >= 0.6 is 0 Å². The Morgan fingerprint density at radius 3 is 2.54 bits per heavy atom. The smallest absolute Gasteiger partial charge is 0.123 e. The number of fused-ring (bicyclic) bond motifs is 4. The summed E-state index contributed by atoms with van der Waals surface area (Å²) in [6, 6.07) is 0. The second kappa shape index (κ2) is 5.80. The molecule has 0 aliphatic heterocycles. The van der Waals surface area contributed by atoms with Gasteiger partial charge in [-0.05, 0) is 84.2 Å². The molecule has 26 heavy (non-hydrogen) atoms. The van der Waals surface area contributed by atoms with E-state index in [1.54, 1.807) is 16.7 Å². The molecule has 1 N–H and O–H groups in total. The fraction of sp³-hybridized carbons (Fsp3) is 0.792. The minimum absolute atomic E-state index is 0.00487. The van der Waals surface area contributed by atoms with Crippen molar-refractivity contribution in [2.24, 2.45) is 34.0 Å². The van der Waals surface area contributed by atoms with Crippen LogP contribution in [0.2, 0.25) is 0 Å². The van der Waals surface area contributed by atoms with Crippen molar-refractivity contribution in [3.8, 4) is 0 Å². The predicted octanol–water partition coefficient (Wildman–Crippen LogP) is 5.46. The van der Waals surface area contributed by atoms with Gasteiger partial charge in [-0.3, -0.25) is 0 Å². The lowest BCUT2D eigenvalue weighted by atomic mass is 9.46. The molecule has 0 radical (unpaired) electrons. The molecule has 1 fully saturated rings. The molecule has 6 atom stereocenters. The summed E-state index contributed by atoms with van der Waals surface area (Å²) >= 11 is 0. The maximum absolute atomic E-state index is 11.5. The molecule has 4 aliphatic carbocycles. The third kappa shape index (κ3) is 2.23. The second-order valence-corrected chi connectivity index (χ2v) is 10.7. The molecular formula is C24H36O2. The molecule has 0 saturated heterocycles. The summed E-state index contributed by atoms with van der Waals surface area (Å²) in [6.45, 7) is 11.6. The number of aliphatic hydroxyl groups is 1. The minimum atomic E-state index is -0.167. The summed E-state index contributed by atoms with van der Waals surface area (Å²) in [5.74, 6) is 1.19. The summed E-state index contributed by atoms with van der Waals surface area (Å²) in [5.41, 5.74) is 5.37. The lowest BCUT2D eigenvalue weighted by Crippen LogP contribution is -2.53. The number of hydrogen-bond acceptors (Lipinski definition) is 2. The van der Waals surface area contributed by atoms with Crippen LogP contribution in [0.5, 0.6) is 0 Å². The molecule has 4 rings (SSSR count). The highest BCUT2D eigenvalue weighted by Gasteiger charge is 2.57. The van der Waals surface area contributed by atoms with Gasteiger partial charge >= 0.3 is 0 Å². The highest BCUT2D eigenvalue weighted by atomic mass is 16.3. The lowest BCUT2D eigenvalue weighted by Gasteiger charge is -2.59. The van der Waals surface area contributed by atoms with Crippen molar-refractivity contribution < 1.29 is 9.90 Å². The zero-order valence-corrected chi connectivity index (χ0v) is 17.3. The summed E-state index contributed by atoms with van der Waals surface area (Å²) in [5, 5.41) is 10.6. The van der Waals surface area contributed by atoms with Gasteiger partial charge in [-0.15, -0.1) is 0 Å². The van der Waals surface area contributed by atoms with Crippen molar-refractivity contribution in [3.63, 3.8) is 0 Å². The molecule has 1 saturated carbocycles. The molecule has 2 heteroatoms. The van der Waals surface area contributed by atoms with E-state index in [0.29, 0.717) is 11.8 Å². The van der Waals surface area contributed by atoms with Crippen molar-refractivity contribution in [1.82, 2.24) is 0 Å². The SMILES string of the molecule is CC(C=O)C1CC=C2C3=C(CCC21C)C1(C)CCC(O)C(C)(C)C1CC3. The van der Waals surface area contributed by atoms with Crippen LogP contribution in [0.3, 0.4) is 0 Å². The van der Waals surface area contributed by atoms with E-state index in [1.165, 1.54) is 25.5 Å². The fourth-order valence-electron chi connectivity index (χ4n) is 7.61. The normalized spacial score (nSPS) is 45.3. The number of rotatable bonds is 2. The summed E-state index contributed by atoms with van der Waals surface area (Å²) in [4.78, 5) is 11.5. The van der Waals surface area contributed by atoms with Gasteiger partial charge in [-0.1, -0.05) is 46.3 Å². The van der Waals surface area contributed by atoms with Crippen LogP contribution in [-0.4, -0.2) is 17.5 Å². The fourth-order valence-corrected chi connectivity index (χ4v) is 7.61. The number of allylic oxidation sites excluding steroid dienone is 4. The highest BCUT2D eigenvalue weighted by molar-refractivity contribution is 5.57. The maximum atomic E-state index is 11.5. The van der Waals surface area contributed by atoms with Crippen LogP contribution in [-0.2, 0) is 4.79 Å². The van der Waals surface area contributed by atoms with E-state index in [9.17, 15) is 9.90 Å². The molecule has 0 bridgehead atoms. The third-order valence-corrected chi connectivity index (χ3v) is 9.28. The van der Waals surface area contributed by atoms with Gasteiger partial charge in [-0.2, -0.15) is 0 Å². The molecule has 2 nitrogen and oxygen atoms in total. The Hall–Kier alpha value is -0.890. The van der Waals surface area contributed by atoms with Gasteiger partial charge in [0.15, 0.2) is 0 Å². The lowest BCUT2D eigenvalue weighted by molar-refractivity contribution is -0.113. The Balaban J connectivity index is 1.75. The first-order valence-corrected chi connectivity index (χ1v) is 10.7. The van der Waals surface area contributed by atoms with E-state index in [-0.39, 0.29) is 28.3 Å². The van der Waals surface area contributed by atoms with Gasteiger partial charge in [0.1, 0.15) is 6.29 Å². The number of carbonyl (C=O) groups is 1. The Morgan fingerprint density at radius 2 is 1.85 bits per heavy atom. The van der Waals surface area contributed by atoms with Crippen LogP contribution in [0.4, 0.5) is 0 Å². The summed E-state index contributed by atoms with van der Waals surface area (Å²) in [6.07, 6.45) is 11.3. The molecular weight excluding hydrogens is 320 g/mol. The topological polar surface area (TPSA) is 37.3 Å². The Kier molecular flexibility index (Phi) is 4.12. The minimum Gasteiger partial charge on any atom is -0.393 e. The van der Waals surface area contributed by atoms with Crippen LogP contribution in [0.25, 0.3) is 0 Å². The van der Waals surface area contributed by atoms with Gasteiger partial charge in [0, 0.05) is 5.92 Å². The predicted molar refractivity (Wildman–Crippen MR) is 106 cm³/mol. The van der Waals surface area contributed by atoms with Crippen molar-refractivity contribution in [2.45, 2.75) is 85.7 Å². The van der Waals surface area contributed by atoms with Crippen LogP contribution in [0.15, 0.2) is 22.8 Å². The Morgan fingerprint density at radius 1 is 1.12 bits per heavy atom. The van der Waals surface area contributed by atoms with E-state index in [2.05, 4.69) is 40.7 Å². The van der Waals surface area contributed by atoms with Crippen LogP contribution in [0.1, 0.15) is 79.6 Å². The molecule has 0 heterocycles. The van der Waals surface area contributed by atoms with Crippen LogP contribution < -0.4 is 0 Å². The van der Waals surface area contributed by atoms with E-state index in [1.807, 2.05) is 0 Å². The molecule has 6 unspecified atom stereocenters. The maximum Gasteiger partial charge on any atom is 0.123 e. The summed E-state index contributed by atoms with van der Waals surface area (Å²) in [7, 11) is 0. The molecule has 0 spiro atoms. The van der Waals surface area contributed by atoms with Crippen LogP contribution in [0, 0.1) is 34.0 Å². The van der Waals surface area contributed by atoms with Gasteiger partial charge in [0.2, 0.25) is 0 Å². The molecule has 0 aromatic rings. The summed E-state index contributed by atoms with van der Waals surface area (Å²) < 4.78 is 0. The van der Waals surface area contributed by atoms with Gasteiger partial charge in [-0.25, -0.2) is 0 Å². The van der Waals surface area contributed by atoms with E-state index in [0.717, 1.165) is 25.7 Å². The first-order chi connectivity index (χ1) is 12.2. The van der Waals surface area contributed by atoms with E-state index < -0.39 is 0 Å². The number of hydrogen-bond donors (Lipinski definition) is 1. The monoisotopic (exact) mass is 356 g/mol. The molecule has 4 aliphatic rings. The second-order valence-electron chi connectivity index (χ2n) is 10.7. The zero-order chi connectivity index (χ0) is 18.9. The molecule has 144 valence electrons. The van der Waals surface area contributed by atoms with Crippen molar-refractivity contribution >= 4 is 6.29 Å². The standard InChI is InChI=1S/C24H36O2/c1-15(14-25)17-7-8-18-16-6-9-20-22(2,3)21(26)11-13-24(20,5)19(16)10-12-23(17,18)4/h8,14-15,17,20-21,26H,6-7,9-13H2,1-5H3. The zero-order valence-electron chi connectivity index (χ0n) is 17.3. The molecule has 0 amide bonds. The number of aldehydes is 1. The number of aliphatic hydroxyl groups excluding tert-OH is 1. The Labute approximate surface area is 159 Å². The first-order valence-electron chi connectivity index (χ1n) is 10.7. The van der Waals surface area contributed by atoms with E-state index in [4.69, 9.17) is 0 Å². The van der Waals surface area contributed by atoms with Crippen molar-refractivity contribution in [1.29, 1.82) is 0 Å². The average Bonchev–Trinajstić information content (AvgIpc) is 2.95. The molecule has 0 aromatic heterocycles. The Bertz CT molecular complexity index is 684. The third-order valence-electron chi connectivity index (χ3n) is 9.28. The largest absolute Gasteiger partial charge is 0.393 e. The van der Waals surface area contributed by atoms with Gasteiger partial charge < -0.3 is 9.90 Å². The van der Waals surface area contributed by atoms with Gasteiger partial charge in [0.25, 0.3) is 0 Å².